The zero-order chi connectivity index (χ0) is 15.5. The first kappa shape index (κ1) is 14.4. The monoisotopic (exact) mass is 300 g/mol. The number of carbonyl (C=O) groups is 1. The van der Waals surface area contributed by atoms with Crippen LogP contribution in [0.15, 0.2) is 45.6 Å². The number of allylic oxidation sites excluding steroid dienone is 2. The Morgan fingerprint density at radius 3 is 2.95 bits per heavy atom. The largest absolute Gasteiger partial charge is 0.508 e. The molecule has 3 rings (SSSR count). The predicted octanol–water partition coefficient (Wildman–Crippen LogP) is 2.90. The molecule has 0 saturated carbocycles. The highest BCUT2D eigenvalue weighted by Gasteiger charge is 2.20. The lowest BCUT2D eigenvalue weighted by Gasteiger charge is -2.16. The van der Waals surface area contributed by atoms with Crippen LogP contribution < -0.4 is 5.63 Å². The number of esters is 1. The van der Waals surface area contributed by atoms with E-state index in [0.717, 1.165) is 12.8 Å². The minimum Gasteiger partial charge on any atom is -0.508 e. The smallest absolute Gasteiger partial charge is 0.336 e. The second-order valence-corrected chi connectivity index (χ2v) is 5.36. The standard InChI is InChI=1S/C17H16O5/c18-13-6-7-14-12(8-16(19)22-15(14)9-13)10-21-17(20)11-4-2-1-3-5-11/h1-2,6-9,11,18H,3-5,10H2/t11-/m1/s1. The number of fused-ring (bicyclic) bond motifs is 1. The van der Waals surface area contributed by atoms with Crippen LogP contribution in [0.2, 0.25) is 0 Å². The number of aromatic hydroxyl groups is 1. The van der Waals surface area contributed by atoms with E-state index in [9.17, 15) is 14.7 Å². The Morgan fingerprint density at radius 1 is 1.32 bits per heavy atom. The third-order valence-electron chi connectivity index (χ3n) is 3.79. The van der Waals surface area contributed by atoms with Crippen LogP contribution in [0.1, 0.15) is 24.8 Å². The summed E-state index contributed by atoms with van der Waals surface area (Å²) in [5, 5.41) is 10.1. The summed E-state index contributed by atoms with van der Waals surface area (Å²) in [5.41, 5.74) is 0.315. The van der Waals surface area contributed by atoms with E-state index in [-0.39, 0.29) is 29.8 Å². The van der Waals surface area contributed by atoms with Gasteiger partial charge in [-0.2, -0.15) is 0 Å². The van der Waals surface area contributed by atoms with Crippen molar-refractivity contribution >= 4 is 16.9 Å². The molecule has 114 valence electrons. The lowest BCUT2D eigenvalue weighted by atomic mass is 9.95. The van der Waals surface area contributed by atoms with Gasteiger partial charge in [-0.3, -0.25) is 4.79 Å². The molecule has 1 N–H and O–H groups in total. The molecule has 5 heteroatoms. The van der Waals surface area contributed by atoms with Crippen molar-refractivity contribution in [2.24, 2.45) is 5.92 Å². The lowest BCUT2D eigenvalue weighted by molar-refractivity contribution is -0.150. The molecule has 1 aliphatic carbocycles. The average molecular weight is 300 g/mol. The van der Waals surface area contributed by atoms with Crippen molar-refractivity contribution in [2.45, 2.75) is 25.9 Å². The normalized spacial score (nSPS) is 17.5. The molecule has 1 aliphatic rings. The molecule has 22 heavy (non-hydrogen) atoms. The van der Waals surface area contributed by atoms with Crippen LogP contribution >= 0.6 is 0 Å². The number of benzene rings is 1. The molecule has 0 spiro atoms. The third-order valence-corrected chi connectivity index (χ3v) is 3.79. The van der Waals surface area contributed by atoms with E-state index in [4.69, 9.17) is 9.15 Å². The van der Waals surface area contributed by atoms with E-state index in [1.165, 1.54) is 18.2 Å². The quantitative estimate of drug-likeness (QED) is 0.536. The highest BCUT2D eigenvalue weighted by atomic mass is 16.5. The van der Waals surface area contributed by atoms with Crippen LogP contribution in [0.3, 0.4) is 0 Å². The maximum Gasteiger partial charge on any atom is 0.336 e. The Morgan fingerprint density at radius 2 is 2.18 bits per heavy atom. The van der Waals surface area contributed by atoms with Gasteiger partial charge < -0.3 is 14.3 Å². The summed E-state index contributed by atoms with van der Waals surface area (Å²) in [4.78, 5) is 23.6. The van der Waals surface area contributed by atoms with Gasteiger partial charge in [-0.15, -0.1) is 0 Å². The van der Waals surface area contributed by atoms with Gasteiger partial charge in [0.25, 0.3) is 0 Å². The molecule has 0 saturated heterocycles. The molecule has 0 aliphatic heterocycles. The molecule has 0 fully saturated rings. The molecule has 2 aromatic rings. The number of rotatable bonds is 3. The van der Waals surface area contributed by atoms with Crippen molar-refractivity contribution < 1.29 is 19.1 Å². The summed E-state index contributed by atoms with van der Waals surface area (Å²) >= 11 is 0. The first-order valence-corrected chi connectivity index (χ1v) is 7.21. The summed E-state index contributed by atoms with van der Waals surface area (Å²) in [6, 6.07) is 5.82. The number of hydrogen-bond acceptors (Lipinski definition) is 5. The van der Waals surface area contributed by atoms with Crippen molar-refractivity contribution in [3.8, 4) is 5.75 Å². The van der Waals surface area contributed by atoms with Gasteiger partial charge in [-0.25, -0.2) is 4.79 Å². The van der Waals surface area contributed by atoms with Crippen LogP contribution in [-0.4, -0.2) is 11.1 Å². The van der Waals surface area contributed by atoms with Crippen molar-refractivity contribution in [3.63, 3.8) is 0 Å². The molecule has 0 amide bonds. The lowest BCUT2D eigenvalue weighted by Crippen LogP contribution is -2.19. The summed E-state index contributed by atoms with van der Waals surface area (Å²) in [5.74, 6) is -0.344. The van der Waals surface area contributed by atoms with Crippen molar-refractivity contribution in [3.05, 3.63) is 52.4 Å². The van der Waals surface area contributed by atoms with E-state index >= 15 is 0 Å². The minimum atomic E-state index is -0.537. The van der Waals surface area contributed by atoms with Gasteiger partial charge >= 0.3 is 11.6 Å². The van der Waals surface area contributed by atoms with E-state index < -0.39 is 5.63 Å². The minimum absolute atomic E-state index is 0.0128. The van der Waals surface area contributed by atoms with Gasteiger partial charge in [0.15, 0.2) is 0 Å². The highest BCUT2D eigenvalue weighted by molar-refractivity contribution is 5.81. The molecule has 1 atom stereocenters. The van der Waals surface area contributed by atoms with E-state index in [2.05, 4.69) is 6.08 Å². The molecule has 0 radical (unpaired) electrons. The van der Waals surface area contributed by atoms with Crippen LogP contribution in [0.25, 0.3) is 11.0 Å². The molecule has 1 heterocycles. The van der Waals surface area contributed by atoms with Gasteiger partial charge in [0.05, 0.1) is 5.92 Å². The molecular formula is C17H16O5. The fourth-order valence-electron chi connectivity index (χ4n) is 2.61. The Balaban J connectivity index is 1.80. The zero-order valence-electron chi connectivity index (χ0n) is 12.0. The van der Waals surface area contributed by atoms with Gasteiger partial charge in [0.2, 0.25) is 0 Å². The summed E-state index contributed by atoms with van der Waals surface area (Å²) in [6.07, 6.45) is 6.43. The molecule has 1 aromatic heterocycles. The van der Waals surface area contributed by atoms with E-state index in [0.29, 0.717) is 17.4 Å². The first-order chi connectivity index (χ1) is 10.6. The molecule has 0 unspecified atom stereocenters. The molecule has 5 nitrogen and oxygen atoms in total. The summed E-state index contributed by atoms with van der Waals surface area (Å²) in [7, 11) is 0. The molecule has 0 bridgehead atoms. The zero-order valence-corrected chi connectivity index (χ0v) is 12.0. The SMILES string of the molecule is O=C(OCc1cc(=O)oc2cc(O)ccc12)[C@@H]1CC=CCC1. The van der Waals surface area contributed by atoms with Crippen molar-refractivity contribution in [1.29, 1.82) is 0 Å². The average Bonchev–Trinajstić information content (AvgIpc) is 2.52. The van der Waals surface area contributed by atoms with Crippen LogP contribution in [0, 0.1) is 5.92 Å². The van der Waals surface area contributed by atoms with E-state index in [1.54, 1.807) is 6.07 Å². The van der Waals surface area contributed by atoms with E-state index in [1.807, 2.05) is 6.08 Å². The third kappa shape index (κ3) is 3.03. The van der Waals surface area contributed by atoms with Crippen LogP contribution in [0.5, 0.6) is 5.75 Å². The fourth-order valence-corrected chi connectivity index (χ4v) is 2.61. The predicted molar refractivity (Wildman–Crippen MR) is 80.4 cm³/mol. The first-order valence-electron chi connectivity index (χ1n) is 7.21. The summed E-state index contributed by atoms with van der Waals surface area (Å²) in [6.45, 7) is 0.0198. The van der Waals surface area contributed by atoms with Gasteiger partial charge in [0.1, 0.15) is 17.9 Å². The maximum absolute atomic E-state index is 12.0. The highest BCUT2D eigenvalue weighted by Crippen LogP contribution is 2.24. The maximum atomic E-state index is 12.0. The van der Waals surface area contributed by atoms with Gasteiger partial charge in [-0.1, -0.05) is 12.2 Å². The van der Waals surface area contributed by atoms with Crippen molar-refractivity contribution in [2.75, 3.05) is 0 Å². The summed E-state index contributed by atoms with van der Waals surface area (Å²) < 4.78 is 10.4. The number of phenolic OH excluding ortho intramolecular Hbond substituents is 1. The Bertz CT molecular complexity index is 787. The number of hydrogen-bond donors (Lipinski definition) is 1. The van der Waals surface area contributed by atoms with Crippen molar-refractivity contribution in [1.82, 2.24) is 0 Å². The topological polar surface area (TPSA) is 76.7 Å². The Kier molecular flexibility index (Phi) is 3.96. The fraction of sp³-hybridized carbons (Fsp3) is 0.294. The second-order valence-electron chi connectivity index (χ2n) is 5.36. The number of phenols is 1. The van der Waals surface area contributed by atoms with Gasteiger partial charge in [-0.05, 0) is 31.4 Å². The number of carbonyl (C=O) groups excluding carboxylic acids is 1. The Labute approximate surface area is 126 Å². The van der Waals surface area contributed by atoms with Crippen LogP contribution in [0.4, 0.5) is 0 Å². The second kappa shape index (κ2) is 6.05. The Hall–Kier alpha value is -2.56. The van der Waals surface area contributed by atoms with Crippen LogP contribution in [-0.2, 0) is 16.1 Å². The number of ether oxygens (including phenoxy) is 1. The molecular weight excluding hydrogens is 284 g/mol. The van der Waals surface area contributed by atoms with Gasteiger partial charge in [0, 0.05) is 23.1 Å². The molecule has 1 aromatic carbocycles.